The molecule has 0 spiro atoms. The second-order valence-electron chi connectivity index (χ2n) is 5.20. The summed E-state index contributed by atoms with van der Waals surface area (Å²) in [5.41, 5.74) is 0.761. The van der Waals surface area contributed by atoms with Gasteiger partial charge < -0.3 is 10.4 Å². The molecule has 1 fully saturated rings. The molecule has 2 rings (SSSR count). The van der Waals surface area contributed by atoms with Crippen LogP contribution in [0.3, 0.4) is 0 Å². The van der Waals surface area contributed by atoms with Crippen LogP contribution in [-0.2, 0) is 6.54 Å². The first-order valence-electron chi connectivity index (χ1n) is 6.96. The Morgan fingerprint density at radius 2 is 2.16 bits per heavy atom. The molecule has 0 radical (unpaired) electrons. The van der Waals surface area contributed by atoms with Gasteiger partial charge in [-0.3, -0.25) is 0 Å². The van der Waals surface area contributed by atoms with Crippen LogP contribution in [0.5, 0.6) is 0 Å². The lowest BCUT2D eigenvalue weighted by Crippen LogP contribution is -2.33. The quantitative estimate of drug-likeness (QED) is 0.852. The van der Waals surface area contributed by atoms with E-state index in [1.165, 1.54) is 44.6 Å². The fourth-order valence-electron chi connectivity index (χ4n) is 2.69. The van der Waals surface area contributed by atoms with Gasteiger partial charge in [0.2, 0.25) is 0 Å². The molecule has 19 heavy (non-hydrogen) atoms. The van der Waals surface area contributed by atoms with Gasteiger partial charge in [-0.2, -0.15) is 0 Å². The lowest BCUT2D eigenvalue weighted by molar-refractivity contribution is 0.0694. The minimum atomic E-state index is -0.966. The molecule has 1 aliphatic rings. The predicted molar refractivity (Wildman–Crippen MR) is 71.9 cm³/mol. The second-order valence-corrected chi connectivity index (χ2v) is 5.20. The number of rotatable bonds is 5. The van der Waals surface area contributed by atoms with E-state index in [9.17, 15) is 4.79 Å². The Labute approximate surface area is 113 Å². The largest absolute Gasteiger partial charge is 0.478 e. The zero-order valence-electron chi connectivity index (χ0n) is 11.3. The molecule has 5 nitrogen and oxygen atoms in total. The summed E-state index contributed by atoms with van der Waals surface area (Å²) in [7, 11) is 0. The van der Waals surface area contributed by atoms with Crippen LogP contribution in [-0.4, -0.2) is 27.1 Å². The van der Waals surface area contributed by atoms with Crippen molar-refractivity contribution in [1.29, 1.82) is 0 Å². The summed E-state index contributed by atoms with van der Waals surface area (Å²) < 4.78 is 0. The maximum Gasteiger partial charge on any atom is 0.339 e. The number of nitrogens with one attached hydrogen (secondary N) is 1. The monoisotopic (exact) mass is 263 g/mol. The van der Waals surface area contributed by atoms with Crippen molar-refractivity contribution in [3.63, 3.8) is 0 Å². The maximum absolute atomic E-state index is 11.0. The van der Waals surface area contributed by atoms with Gasteiger partial charge in [0.25, 0.3) is 0 Å². The SMILES string of the molecule is CCC1CCC(NCc2ncncc2C(=O)O)CC1. The lowest BCUT2D eigenvalue weighted by atomic mass is 9.84. The first-order chi connectivity index (χ1) is 9.20. The van der Waals surface area contributed by atoms with Crippen LogP contribution in [0.4, 0.5) is 0 Å². The minimum absolute atomic E-state index is 0.192. The molecule has 2 N–H and O–H groups in total. The van der Waals surface area contributed by atoms with E-state index < -0.39 is 5.97 Å². The fourth-order valence-corrected chi connectivity index (χ4v) is 2.69. The highest BCUT2D eigenvalue weighted by atomic mass is 16.4. The Hall–Kier alpha value is -1.49. The van der Waals surface area contributed by atoms with Crippen molar-refractivity contribution in [2.24, 2.45) is 5.92 Å². The number of carboxylic acids is 1. The molecule has 104 valence electrons. The molecule has 0 aliphatic heterocycles. The average molecular weight is 263 g/mol. The first-order valence-corrected chi connectivity index (χ1v) is 6.96. The Morgan fingerprint density at radius 1 is 1.42 bits per heavy atom. The molecule has 0 amide bonds. The molecule has 1 aromatic heterocycles. The highest BCUT2D eigenvalue weighted by Crippen LogP contribution is 2.26. The summed E-state index contributed by atoms with van der Waals surface area (Å²) in [6.07, 6.45) is 8.91. The molecule has 0 unspecified atom stereocenters. The molecule has 1 aromatic rings. The summed E-state index contributed by atoms with van der Waals surface area (Å²) in [6, 6.07) is 0.486. The summed E-state index contributed by atoms with van der Waals surface area (Å²) in [4.78, 5) is 18.9. The molecule has 1 aliphatic carbocycles. The van der Waals surface area contributed by atoms with Crippen molar-refractivity contribution in [2.75, 3.05) is 0 Å². The third-order valence-electron chi connectivity index (χ3n) is 4.01. The number of hydrogen-bond acceptors (Lipinski definition) is 4. The molecular formula is C14H21N3O2. The van der Waals surface area contributed by atoms with E-state index >= 15 is 0 Å². The van der Waals surface area contributed by atoms with Gasteiger partial charge in [0.05, 0.1) is 5.69 Å². The van der Waals surface area contributed by atoms with Gasteiger partial charge in [-0.25, -0.2) is 14.8 Å². The molecule has 0 aromatic carbocycles. The van der Waals surface area contributed by atoms with Gasteiger partial charge in [0.1, 0.15) is 11.9 Å². The Balaban J connectivity index is 1.88. The summed E-state index contributed by atoms with van der Waals surface area (Å²) in [6.45, 7) is 2.75. The molecule has 0 bridgehead atoms. The van der Waals surface area contributed by atoms with Crippen LogP contribution in [0.25, 0.3) is 0 Å². The normalized spacial score (nSPS) is 23.2. The van der Waals surface area contributed by atoms with E-state index in [2.05, 4.69) is 22.2 Å². The Bertz CT molecular complexity index is 428. The number of aromatic nitrogens is 2. The average Bonchev–Trinajstić information content (AvgIpc) is 2.46. The lowest BCUT2D eigenvalue weighted by Gasteiger charge is -2.28. The topological polar surface area (TPSA) is 75.1 Å². The predicted octanol–water partition coefficient (Wildman–Crippen LogP) is 2.23. The molecular weight excluding hydrogens is 242 g/mol. The number of nitrogens with zero attached hydrogens (tertiary/aromatic N) is 2. The molecule has 1 saturated carbocycles. The zero-order valence-corrected chi connectivity index (χ0v) is 11.3. The maximum atomic E-state index is 11.0. The Kier molecular flexibility index (Phi) is 4.85. The third kappa shape index (κ3) is 3.73. The van der Waals surface area contributed by atoms with Crippen LogP contribution >= 0.6 is 0 Å². The molecule has 0 saturated heterocycles. The van der Waals surface area contributed by atoms with E-state index in [0.717, 1.165) is 5.92 Å². The van der Waals surface area contributed by atoms with Crippen molar-refractivity contribution in [3.8, 4) is 0 Å². The third-order valence-corrected chi connectivity index (χ3v) is 4.01. The fraction of sp³-hybridized carbons (Fsp3) is 0.643. The molecule has 5 heteroatoms. The van der Waals surface area contributed by atoms with Crippen molar-refractivity contribution in [3.05, 3.63) is 23.8 Å². The number of carboxylic acid groups (broad SMARTS) is 1. The standard InChI is InChI=1S/C14H21N3O2/c1-2-10-3-5-11(6-4-10)16-8-13-12(14(18)19)7-15-9-17-13/h7,9-11,16H,2-6,8H2,1H3,(H,18,19). The highest BCUT2D eigenvalue weighted by Gasteiger charge is 2.20. The van der Waals surface area contributed by atoms with Gasteiger partial charge >= 0.3 is 5.97 Å². The highest BCUT2D eigenvalue weighted by molar-refractivity contribution is 5.88. The van der Waals surface area contributed by atoms with Crippen LogP contribution in [0.15, 0.2) is 12.5 Å². The minimum Gasteiger partial charge on any atom is -0.478 e. The van der Waals surface area contributed by atoms with E-state index in [-0.39, 0.29) is 5.56 Å². The van der Waals surface area contributed by atoms with Gasteiger partial charge in [-0.1, -0.05) is 13.3 Å². The molecule has 1 heterocycles. The van der Waals surface area contributed by atoms with E-state index in [1.54, 1.807) is 0 Å². The zero-order chi connectivity index (χ0) is 13.7. The Morgan fingerprint density at radius 3 is 2.79 bits per heavy atom. The molecule has 0 atom stereocenters. The van der Waals surface area contributed by atoms with Crippen LogP contribution < -0.4 is 5.32 Å². The van der Waals surface area contributed by atoms with Crippen molar-refractivity contribution < 1.29 is 9.90 Å². The summed E-state index contributed by atoms with van der Waals surface area (Å²) >= 11 is 0. The van der Waals surface area contributed by atoms with E-state index in [0.29, 0.717) is 18.3 Å². The number of aromatic carboxylic acids is 1. The summed E-state index contributed by atoms with van der Waals surface area (Å²) in [5, 5.41) is 12.5. The van der Waals surface area contributed by atoms with E-state index in [4.69, 9.17) is 5.11 Å². The van der Waals surface area contributed by atoms with Gasteiger partial charge in [-0.05, 0) is 31.6 Å². The van der Waals surface area contributed by atoms with Crippen molar-refractivity contribution >= 4 is 5.97 Å². The smallest absolute Gasteiger partial charge is 0.339 e. The van der Waals surface area contributed by atoms with Crippen LogP contribution in [0.1, 0.15) is 55.1 Å². The van der Waals surface area contributed by atoms with Crippen LogP contribution in [0, 0.1) is 5.92 Å². The van der Waals surface area contributed by atoms with Crippen molar-refractivity contribution in [1.82, 2.24) is 15.3 Å². The van der Waals surface area contributed by atoms with E-state index in [1.807, 2.05) is 0 Å². The first kappa shape index (κ1) is 13.9. The van der Waals surface area contributed by atoms with Gasteiger partial charge in [0.15, 0.2) is 0 Å². The van der Waals surface area contributed by atoms with Gasteiger partial charge in [0, 0.05) is 18.8 Å². The second kappa shape index (κ2) is 6.61. The van der Waals surface area contributed by atoms with Gasteiger partial charge in [-0.15, -0.1) is 0 Å². The number of carbonyl (C=O) groups is 1. The van der Waals surface area contributed by atoms with Crippen LogP contribution in [0.2, 0.25) is 0 Å². The number of hydrogen-bond donors (Lipinski definition) is 2. The van der Waals surface area contributed by atoms with Crippen molar-refractivity contribution in [2.45, 2.75) is 51.6 Å². The summed E-state index contributed by atoms with van der Waals surface area (Å²) in [5.74, 6) is -0.0984.